The van der Waals surface area contributed by atoms with Crippen molar-refractivity contribution in [3.8, 4) is 11.5 Å². The fourth-order valence-electron chi connectivity index (χ4n) is 6.54. The van der Waals surface area contributed by atoms with Gasteiger partial charge in [0.1, 0.15) is 11.6 Å². The Labute approximate surface area is 151 Å². The van der Waals surface area contributed by atoms with Gasteiger partial charge in [0.25, 0.3) is 0 Å². The highest BCUT2D eigenvalue weighted by Gasteiger charge is 2.76. The van der Waals surface area contributed by atoms with Gasteiger partial charge in [-0.3, -0.25) is 4.79 Å². The first-order valence-electron chi connectivity index (χ1n) is 9.74. The highest BCUT2D eigenvalue weighted by Crippen LogP contribution is 2.66. The predicted octanol–water partition coefficient (Wildman–Crippen LogP) is 1.54. The predicted molar refractivity (Wildman–Crippen MR) is 91.6 cm³/mol. The smallest absolute Gasteiger partial charge is 0.174 e. The molecule has 26 heavy (non-hydrogen) atoms. The third kappa shape index (κ3) is 1.54. The third-order valence-corrected chi connectivity index (χ3v) is 7.85. The van der Waals surface area contributed by atoms with Crippen LogP contribution in [0, 0.1) is 11.1 Å². The number of phenolic OH excluding ortho intramolecular Hbond substituents is 1. The number of carbonyl (C=O) groups is 1. The van der Waals surface area contributed by atoms with E-state index in [9.17, 15) is 20.2 Å². The second-order valence-electron chi connectivity index (χ2n) is 9.08. The Kier molecular flexibility index (Phi) is 2.63. The van der Waals surface area contributed by atoms with Crippen molar-refractivity contribution in [2.75, 3.05) is 13.1 Å². The number of nitrogens with zero attached hydrogens (tertiary/aromatic N) is 1. The zero-order valence-electron chi connectivity index (χ0n) is 14.6. The summed E-state index contributed by atoms with van der Waals surface area (Å²) in [5.41, 5.74) is -0.359. The van der Waals surface area contributed by atoms with Gasteiger partial charge in [0.15, 0.2) is 23.4 Å². The molecule has 1 saturated heterocycles. The molecule has 2 unspecified atom stereocenters. The monoisotopic (exact) mass is 357 g/mol. The van der Waals surface area contributed by atoms with E-state index in [1.807, 2.05) is 6.07 Å². The molecule has 1 aromatic carbocycles. The number of carbonyl (C=O) groups excluding carboxylic acids is 1. The lowest BCUT2D eigenvalue weighted by Crippen LogP contribution is -2.80. The molecule has 3 aliphatic carbocycles. The number of hydroxylamine groups is 3. The number of ether oxygens (including phenoxy) is 1. The van der Waals surface area contributed by atoms with E-state index in [2.05, 4.69) is 0 Å². The van der Waals surface area contributed by atoms with Gasteiger partial charge in [0.2, 0.25) is 0 Å². The van der Waals surface area contributed by atoms with Crippen molar-refractivity contribution in [2.24, 2.45) is 5.92 Å². The molecule has 6 heteroatoms. The van der Waals surface area contributed by atoms with Gasteiger partial charge in [-0.05, 0) is 30.9 Å². The van der Waals surface area contributed by atoms with Crippen LogP contribution in [0.5, 0.6) is 11.5 Å². The first-order chi connectivity index (χ1) is 12.4. The van der Waals surface area contributed by atoms with E-state index in [4.69, 9.17) is 4.74 Å². The van der Waals surface area contributed by atoms with E-state index < -0.39 is 23.2 Å². The number of aromatic hydroxyl groups is 1. The average molecular weight is 357 g/mol. The Morgan fingerprint density at radius 3 is 2.88 bits per heavy atom. The standard InChI is InChI=1S/C20H23NO5/c22-13-4-3-12-9-15-20(24)6-5-14(23)18-19(20,16(12)17(13)26-18)7-8-21(15,25)10-11-1-2-11/h3-4,11,15,18,22,24H,1-2,5-10H2/t15?,18-,19-,20+,21?/m1/s1. The fraction of sp³-hybridized carbons (Fsp3) is 0.650. The number of hydrogen-bond acceptors (Lipinski definition) is 5. The van der Waals surface area contributed by atoms with Crippen molar-refractivity contribution >= 4 is 5.78 Å². The summed E-state index contributed by atoms with van der Waals surface area (Å²) in [6.07, 6.45) is 2.91. The molecule has 6 nitrogen and oxygen atoms in total. The highest BCUT2D eigenvalue weighted by molar-refractivity contribution is 5.90. The van der Waals surface area contributed by atoms with Gasteiger partial charge in [-0.15, -0.1) is 0 Å². The van der Waals surface area contributed by atoms with Crippen molar-refractivity contribution in [2.45, 2.75) is 61.7 Å². The SMILES string of the molecule is O=C1CC[C@]2(O)C3Cc4ccc(O)c5c4[C@]2(CC[N+]3([O-])CC2CC2)[C@@H]1O5. The number of likely N-dealkylation sites (tertiary alicyclic amines) is 1. The zero-order chi connectivity index (χ0) is 17.9. The number of Topliss-reactive ketones (excluding diaryl/α,β-unsaturated/α-hetero) is 1. The summed E-state index contributed by atoms with van der Waals surface area (Å²) in [4.78, 5) is 12.7. The average Bonchev–Trinajstić information content (AvgIpc) is 3.32. The third-order valence-electron chi connectivity index (χ3n) is 7.85. The van der Waals surface area contributed by atoms with Crippen molar-refractivity contribution in [1.29, 1.82) is 0 Å². The van der Waals surface area contributed by atoms with Gasteiger partial charge in [-0.1, -0.05) is 6.07 Å². The lowest BCUT2D eigenvalue weighted by Gasteiger charge is -2.67. The van der Waals surface area contributed by atoms with Crippen LogP contribution in [0.1, 0.15) is 43.2 Å². The number of quaternary nitrogens is 1. The molecule has 2 bridgehead atoms. The topological polar surface area (TPSA) is 89.8 Å². The first kappa shape index (κ1) is 15.4. The highest BCUT2D eigenvalue weighted by atomic mass is 16.6. The summed E-state index contributed by atoms with van der Waals surface area (Å²) in [5, 5.41) is 36.1. The Bertz CT molecular complexity index is 851. The van der Waals surface area contributed by atoms with E-state index >= 15 is 0 Å². The second-order valence-corrected chi connectivity index (χ2v) is 9.08. The molecule has 1 spiro atoms. The van der Waals surface area contributed by atoms with Crippen molar-refractivity contribution < 1.29 is 24.4 Å². The number of piperidine rings is 1. The first-order valence-corrected chi connectivity index (χ1v) is 9.74. The minimum absolute atomic E-state index is 0.0209. The maximum absolute atomic E-state index is 13.9. The molecule has 2 N–H and O–H groups in total. The second kappa shape index (κ2) is 4.43. The number of ketones is 1. The molecule has 138 valence electrons. The number of rotatable bonds is 2. The van der Waals surface area contributed by atoms with E-state index in [1.54, 1.807) is 6.07 Å². The molecular weight excluding hydrogens is 334 g/mol. The van der Waals surface area contributed by atoms with Gasteiger partial charge < -0.3 is 24.8 Å². The molecule has 0 amide bonds. The van der Waals surface area contributed by atoms with E-state index in [-0.39, 0.29) is 22.6 Å². The van der Waals surface area contributed by atoms with Gasteiger partial charge in [0, 0.05) is 30.7 Å². The largest absolute Gasteiger partial charge is 0.632 e. The van der Waals surface area contributed by atoms with Crippen LogP contribution >= 0.6 is 0 Å². The lowest BCUT2D eigenvalue weighted by atomic mass is 9.49. The maximum Gasteiger partial charge on any atom is 0.174 e. The molecule has 0 radical (unpaired) electrons. The molecule has 3 fully saturated rings. The molecule has 5 atom stereocenters. The van der Waals surface area contributed by atoms with Crippen LogP contribution in [0.4, 0.5) is 0 Å². The number of aliphatic hydroxyl groups is 1. The molecule has 5 aliphatic rings. The van der Waals surface area contributed by atoms with Crippen LogP contribution in [-0.4, -0.2) is 51.5 Å². The summed E-state index contributed by atoms with van der Waals surface area (Å²) < 4.78 is 5.63. The summed E-state index contributed by atoms with van der Waals surface area (Å²) in [5.74, 6) is 0.827. The number of phenols is 1. The van der Waals surface area contributed by atoms with Crippen molar-refractivity contribution in [3.05, 3.63) is 28.5 Å². The van der Waals surface area contributed by atoms with E-state index in [0.29, 0.717) is 44.0 Å². The Hall–Kier alpha value is -1.63. The van der Waals surface area contributed by atoms with Gasteiger partial charge in [0.05, 0.1) is 18.5 Å². The molecule has 2 heterocycles. The summed E-state index contributed by atoms with van der Waals surface area (Å²) in [6.45, 7) is 0.980. The molecule has 2 saturated carbocycles. The molecule has 0 aromatic heterocycles. The minimum Gasteiger partial charge on any atom is -0.632 e. The van der Waals surface area contributed by atoms with Crippen LogP contribution < -0.4 is 4.74 Å². The van der Waals surface area contributed by atoms with E-state index in [0.717, 1.165) is 24.0 Å². The number of benzene rings is 1. The van der Waals surface area contributed by atoms with Crippen LogP contribution in [0.15, 0.2) is 12.1 Å². The molecule has 2 aliphatic heterocycles. The zero-order valence-corrected chi connectivity index (χ0v) is 14.6. The normalized spacial score (nSPS) is 45.2. The summed E-state index contributed by atoms with van der Waals surface area (Å²) in [6, 6.07) is 2.98. The Morgan fingerprint density at radius 2 is 2.12 bits per heavy atom. The van der Waals surface area contributed by atoms with Gasteiger partial charge in [-0.2, -0.15) is 0 Å². The molecular formula is C20H23NO5. The molecule has 6 rings (SSSR count). The van der Waals surface area contributed by atoms with Crippen molar-refractivity contribution in [3.63, 3.8) is 0 Å². The molecule has 1 aromatic rings. The van der Waals surface area contributed by atoms with Gasteiger partial charge >= 0.3 is 0 Å². The van der Waals surface area contributed by atoms with Crippen molar-refractivity contribution in [1.82, 2.24) is 0 Å². The fourth-order valence-corrected chi connectivity index (χ4v) is 6.54. The summed E-state index contributed by atoms with van der Waals surface area (Å²) in [7, 11) is 0. The van der Waals surface area contributed by atoms with Crippen LogP contribution in [0.25, 0.3) is 0 Å². The quantitative estimate of drug-likeness (QED) is 0.619. The van der Waals surface area contributed by atoms with Crippen LogP contribution in [0.3, 0.4) is 0 Å². The Balaban J connectivity index is 1.60. The minimum atomic E-state index is -1.24. The number of hydrogen-bond donors (Lipinski definition) is 2. The van der Waals surface area contributed by atoms with E-state index in [1.165, 1.54) is 0 Å². The van der Waals surface area contributed by atoms with Crippen LogP contribution in [0.2, 0.25) is 0 Å². The Morgan fingerprint density at radius 1 is 1.31 bits per heavy atom. The van der Waals surface area contributed by atoms with Crippen LogP contribution in [-0.2, 0) is 16.6 Å². The summed E-state index contributed by atoms with van der Waals surface area (Å²) >= 11 is 0. The lowest BCUT2D eigenvalue weighted by molar-refractivity contribution is -0.923. The maximum atomic E-state index is 13.9. The van der Waals surface area contributed by atoms with Gasteiger partial charge in [-0.25, -0.2) is 0 Å².